The number of nitrogen functional groups attached to an aromatic ring is 1. The average molecular weight is 233 g/mol. The smallest absolute Gasteiger partial charge is 0.145 e. The van der Waals surface area contributed by atoms with E-state index in [0.29, 0.717) is 19.0 Å². The molecule has 2 N–H and O–H groups in total. The number of hydrogen-bond acceptors (Lipinski definition) is 4. The third-order valence-corrected chi connectivity index (χ3v) is 2.31. The van der Waals surface area contributed by atoms with Crippen molar-refractivity contribution in [2.24, 2.45) is 0 Å². The Kier molecular flexibility index (Phi) is 3.49. The highest BCUT2D eigenvalue weighted by Gasteiger charge is 1.97. The molecule has 0 spiro atoms. The Morgan fingerprint density at radius 1 is 1.18 bits per heavy atom. The first-order chi connectivity index (χ1) is 8.28. The van der Waals surface area contributed by atoms with Crippen molar-refractivity contribution < 1.29 is 9.47 Å². The van der Waals surface area contributed by atoms with Crippen molar-refractivity contribution in [3.8, 4) is 11.5 Å². The Morgan fingerprint density at radius 2 is 1.88 bits per heavy atom. The van der Waals surface area contributed by atoms with E-state index in [1.165, 1.54) is 0 Å². The van der Waals surface area contributed by atoms with E-state index in [0.717, 1.165) is 11.5 Å². The summed E-state index contributed by atoms with van der Waals surface area (Å²) in [5.74, 6) is 2.15. The zero-order chi connectivity index (χ0) is 12.1. The zero-order valence-electron chi connectivity index (χ0n) is 9.67. The van der Waals surface area contributed by atoms with E-state index in [1.807, 2.05) is 30.5 Å². The number of nitrogens with zero attached hydrogens (tertiary/aromatic N) is 2. The Labute approximate surface area is 99.8 Å². The highest BCUT2D eigenvalue weighted by molar-refractivity contribution is 5.31. The summed E-state index contributed by atoms with van der Waals surface area (Å²) in [6.07, 6.45) is 1.83. The van der Waals surface area contributed by atoms with Crippen LogP contribution in [0.4, 0.5) is 5.82 Å². The first kappa shape index (κ1) is 11.3. The summed E-state index contributed by atoms with van der Waals surface area (Å²) >= 11 is 0. The number of anilines is 1. The molecule has 0 amide bonds. The molecular formula is C12H15N3O2. The second-order valence-electron chi connectivity index (χ2n) is 3.53. The van der Waals surface area contributed by atoms with Crippen LogP contribution in [0.2, 0.25) is 0 Å². The van der Waals surface area contributed by atoms with Crippen molar-refractivity contribution in [2.75, 3.05) is 19.5 Å². The molecule has 0 unspecified atom stereocenters. The van der Waals surface area contributed by atoms with Crippen molar-refractivity contribution in [3.63, 3.8) is 0 Å². The molecule has 2 rings (SSSR count). The van der Waals surface area contributed by atoms with Crippen LogP contribution in [-0.2, 0) is 6.54 Å². The highest BCUT2D eigenvalue weighted by Crippen LogP contribution is 2.16. The van der Waals surface area contributed by atoms with Gasteiger partial charge < -0.3 is 15.2 Å². The van der Waals surface area contributed by atoms with Crippen molar-refractivity contribution in [3.05, 3.63) is 36.5 Å². The topological polar surface area (TPSA) is 62.3 Å². The van der Waals surface area contributed by atoms with Gasteiger partial charge >= 0.3 is 0 Å². The van der Waals surface area contributed by atoms with Crippen LogP contribution in [0.1, 0.15) is 0 Å². The molecule has 0 aliphatic rings. The molecule has 0 aliphatic carbocycles. The molecule has 1 aromatic heterocycles. The molecule has 0 saturated carbocycles. The molecular weight excluding hydrogens is 218 g/mol. The largest absolute Gasteiger partial charge is 0.497 e. The van der Waals surface area contributed by atoms with E-state index in [4.69, 9.17) is 15.2 Å². The lowest BCUT2D eigenvalue weighted by atomic mass is 10.3. The second-order valence-corrected chi connectivity index (χ2v) is 3.53. The molecule has 0 saturated heterocycles. The average Bonchev–Trinajstić information content (AvgIpc) is 2.76. The molecule has 0 radical (unpaired) electrons. The van der Waals surface area contributed by atoms with Gasteiger partial charge in [-0.05, 0) is 30.3 Å². The summed E-state index contributed by atoms with van der Waals surface area (Å²) in [7, 11) is 1.64. The normalized spacial score (nSPS) is 10.2. The minimum absolute atomic E-state index is 0.523. The quantitative estimate of drug-likeness (QED) is 0.851. The van der Waals surface area contributed by atoms with Gasteiger partial charge in [-0.25, -0.2) is 0 Å². The van der Waals surface area contributed by atoms with Crippen LogP contribution in [0, 0.1) is 0 Å². The number of nitrogens with two attached hydrogens (primary N) is 1. The maximum Gasteiger partial charge on any atom is 0.145 e. The van der Waals surface area contributed by atoms with E-state index < -0.39 is 0 Å². The van der Waals surface area contributed by atoms with Crippen LogP contribution in [0.3, 0.4) is 0 Å². The standard InChI is InChI=1S/C12H15N3O2/c1-16-10-2-4-11(5-3-10)17-9-8-15-7-6-12(13)14-15/h2-7H,8-9H2,1H3,(H2,13,14). The number of aromatic nitrogens is 2. The Balaban J connectivity index is 1.81. The fourth-order valence-corrected chi connectivity index (χ4v) is 1.43. The molecule has 2 aromatic rings. The predicted molar refractivity (Wildman–Crippen MR) is 65.1 cm³/mol. The van der Waals surface area contributed by atoms with Gasteiger partial charge in [-0.15, -0.1) is 0 Å². The summed E-state index contributed by atoms with van der Waals surface area (Å²) in [6.45, 7) is 1.22. The highest BCUT2D eigenvalue weighted by atomic mass is 16.5. The van der Waals surface area contributed by atoms with Crippen LogP contribution < -0.4 is 15.2 Å². The molecule has 0 bridgehead atoms. The van der Waals surface area contributed by atoms with Crippen molar-refractivity contribution in [1.29, 1.82) is 0 Å². The van der Waals surface area contributed by atoms with Gasteiger partial charge in [0.25, 0.3) is 0 Å². The molecule has 1 aromatic carbocycles. The molecule has 5 heteroatoms. The molecule has 0 fully saturated rings. The molecule has 17 heavy (non-hydrogen) atoms. The number of rotatable bonds is 5. The summed E-state index contributed by atoms with van der Waals surface area (Å²) < 4.78 is 12.4. The van der Waals surface area contributed by atoms with Crippen molar-refractivity contribution in [1.82, 2.24) is 9.78 Å². The zero-order valence-corrected chi connectivity index (χ0v) is 9.67. The summed E-state index contributed by atoms with van der Waals surface area (Å²) in [5.41, 5.74) is 5.51. The molecule has 0 aliphatic heterocycles. The Morgan fingerprint density at radius 3 is 2.47 bits per heavy atom. The predicted octanol–water partition coefficient (Wildman–Crippen LogP) is 1.55. The number of ether oxygens (including phenoxy) is 2. The Bertz CT molecular complexity index is 465. The number of methoxy groups -OCH3 is 1. The van der Waals surface area contributed by atoms with Crippen molar-refractivity contribution in [2.45, 2.75) is 6.54 Å². The summed E-state index contributed by atoms with van der Waals surface area (Å²) in [5, 5.41) is 4.06. The maximum absolute atomic E-state index is 5.56. The monoisotopic (exact) mass is 233 g/mol. The fourth-order valence-electron chi connectivity index (χ4n) is 1.43. The van der Waals surface area contributed by atoms with Crippen molar-refractivity contribution >= 4 is 5.82 Å². The van der Waals surface area contributed by atoms with Crippen LogP contribution >= 0.6 is 0 Å². The van der Waals surface area contributed by atoms with Gasteiger partial charge in [-0.2, -0.15) is 5.10 Å². The van der Waals surface area contributed by atoms with Gasteiger partial charge in [0.05, 0.1) is 13.7 Å². The van der Waals surface area contributed by atoms with Crippen LogP contribution in [0.15, 0.2) is 36.5 Å². The summed E-state index contributed by atoms with van der Waals surface area (Å²) in [6, 6.07) is 9.22. The third kappa shape index (κ3) is 3.14. The molecule has 90 valence electrons. The van der Waals surface area contributed by atoms with E-state index in [1.54, 1.807) is 17.9 Å². The first-order valence-corrected chi connectivity index (χ1v) is 5.34. The minimum atomic E-state index is 0.523. The summed E-state index contributed by atoms with van der Waals surface area (Å²) in [4.78, 5) is 0. The van der Waals surface area contributed by atoms with E-state index >= 15 is 0 Å². The van der Waals surface area contributed by atoms with Gasteiger partial charge in [0.1, 0.15) is 23.9 Å². The lowest BCUT2D eigenvalue weighted by molar-refractivity contribution is 0.291. The van der Waals surface area contributed by atoms with Gasteiger partial charge in [0.15, 0.2) is 0 Å². The fraction of sp³-hybridized carbons (Fsp3) is 0.250. The van der Waals surface area contributed by atoms with E-state index in [-0.39, 0.29) is 0 Å². The van der Waals surface area contributed by atoms with Gasteiger partial charge in [-0.1, -0.05) is 0 Å². The van der Waals surface area contributed by atoms with Crippen LogP contribution in [0.5, 0.6) is 11.5 Å². The second kappa shape index (κ2) is 5.25. The molecule has 1 heterocycles. The SMILES string of the molecule is COc1ccc(OCCn2ccc(N)n2)cc1. The molecule has 0 atom stereocenters. The van der Waals surface area contributed by atoms with Gasteiger partial charge in [0.2, 0.25) is 0 Å². The lowest BCUT2D eigenvalue weighted by Crippen LogP contribution is -2.08. The van der Waals surface area contributed by atoms with Gasteiger partial charge in [-0.3, -0.25) is 4.68 Å². The van der Waals surface area contributed by atoms with E-state index in [9.17, 15) is 0 Å². The number of benzene rings is 1. The lowest BCUT2D eigenvalue weighted by Gasteiger charge is -2.07. The Hall–Kier alpha value is -2.17. The maximum atomic E-state index is 5.56. The molecule has 5 nitrogen and oxygen atoms in total. The van der Waals surface area contributed by atoms with Crippen LogP contribution in [-0.4, -0.2) is 23.5 Å². The minimum Gasteiger partial charge on any atom is -0.497 e. The number of hydrogen-bond donors (Lipinski definition) is 1. The van der Waals surface area contributed by atoms with Crippen LogP contribution in [0.25, 0.3) is 0 Å². The van der Waals surface area contributed by atoms with Gasteiger partial charge in [0, 0.05) is 6.20 Å². The first-order valence-electron chi connectivity index (χ1n) is 5.34. The van der Waals surface area contributed by atoms with E-state index in [2.05, 4.69) is 5.10 Å². The third-order valence-electron chi connectivity index (χ3n) is 2.31.